The Balaban J connectivity index is 1.62. The molecule has 2 aliphatic rings. The number of hydrogen-bond donors (Lipinski definition) is 1. The summed E-state index contributed by atoms with van der Waals surface area (Å²) in [5.41, 5.74) is 1.79. The first-order chi connectivity index (χ1) is 11.1. The van der Waals surface area contributed by atoms with Crippen LogP contribution < -0.4 is 14.2 Å². The van der Waals surface area contributed by atoms with E-state index in [4.69, 9.17) is 9.47 Å². The number of aryl methyl sites for hydroxylation is 1. The van der Waals surface area contributed by atoms with Crippen molar-refractivity contribution in [1.29, 1.82) is 0 Å². The number of ether oxygens (including phenoxy) is 2. The molecule has 2 heterocycles. The normalized spacial score (nSPS) is 16.0. The van der Waals surface area contributed by atoms with E-state index in [9.17, 15) is 8.42 Å². The maximum Gasteiger partial charge on any atom is 0.262 e. The highest BCUT2D eigenvalue weighted by Crippen LogP contribution is 2.35. The van der Waals surface area contributed by atoms with Crippen LogP contribution in [0.4, 0.5) is 5.69 Å². The van der Waals surface area contributed by atoms with Crippen LogP contribution in [0.1, 0.15) is 12.0 Å². The summed E-state index contributed by atoms with van der Waals surface area (Å²) in [6.07, 6.45) is 2.11. The highest BCUT2D eigenvalue weighted by atomic mass is 32.2. The van der Waals surface area contributed by atoms with Gasteiger partial charge in [0.15, 0.2) is 11.5 Å². The number of sulfonamides is 1. The van der Waals surface area contributed by atoms with Gasteiger partial charge in [-0.15, -0.1) is 11.8 Å². The molecule has 120 valence electrons. The highest BCUT2D eigenvalue weighted by Gasteiger charge is 2.21. The second kappa shape index (κ2) is 5.65. The van der Waals surface area contributed by atoms with Crippen molar-refractivity contribution in [2.75, 3.05) is 17.3 Å². The summed E-state index contributed by atoms with van der Waals surface area (Å²) in [4.78, 5) is 1.40. The highest BCUT2D eigenvalue weighted by molar-refractivity contribution is 7.99. The average molecular weight is 349 g/mol. The molecule has 0 saturated heterocycles. The molecule has 0 atom stereocenters. The van der Waals surface area contributed by atoms with Gasteiger partial charge < -0.3 is 9.47 Å². The van der Waals surface area contributed by atoms with Crippen molar-refractivity contribution in [3.8, 4) is 11.5 Å². The fourth-order valence-corrected chi connectivity index (χ4v) is 4.77. The van der Waals surface area contributed by atoms with Crippen LogP contribution >= 0.6 is 11.8 Å². The van der Waals surface area contributed by atoms with Crippen molar-refractivity contribution < 1.29 is 17.9 Å². The second-order valence-corrected chi connectivity index (χ2v) is 8.21. The van der Waals surface area contributed by atoms with Crippen LogP contribution in [0.3, 0.4) is 0 Å². The first kappa shape index (κ1) is 14.7. The monoisotopic (exact) mass is 349 g/mol. The summed E-state index contributed by atoms with van der Waals surface area (Å²) in [7, 11) is -3.65. The quantitative estimate of drug-likeness (QED) is 0.921. The third-order valence-electron chi connectivity index (χ3n) is 3.82. The van der Waals surface area contributed by atoms with Gasteiger partial charge in [0.1, 0.15) is 0 Å². The number of anilines is 1. The Bertz CT molecular complexity index is 864. The van der Waals surface area contributed by atoms with E-state index in [-0.39, 0.29) is 11.7 Å². The summed E-state index contributed by atoms with van der Waals surface area (Å²) in [5, 5.41) is 0. The molecular weight excluding hydrogens is 334 g/mol. The number of benzene rings is 2. The van der Waals surface area contributed by atoms with E-state index in [1.165, 1.54) is 22.6 Å². The molecule has 0 radical (unpaired) electrons. The molecule has 7 heteroatoms. The molecule has 4 rings (SSSR count). The largest absolute Gasteiger partial charge is 0.454 e. The minimum atomic E-state index is -3.65. The van der Waals surface area contributed by atoms with E-state index < -0.39 is 10.0 Å². The molecular formula is C16H15NO4S2. The van der Waals surface area contributed by atoms with E-state index in [1.807, 2.05) is 30.0 Å². The van der Waals surface area contributed by atoms with Gasteiger partial charge in [-0.1, -0.05) is 0 Å². The lowest BCUT2D eigenvalue weighted by atomic mass is 10.1. The van der Waals surface area contributed by atoms with E-state index >= 15 is 0 Å². The van der Waals surface area contributed by atoms with Crippen LogP contribution in [-0.4, -0.2) is 21.0 Å². The zero-order chi connectivity index (χ0) is 15.9. The summed E-state index contributed by atoms with van der Waals surface area (Å²) < 4.78 is 38.2. The van der Waals surface area contributed by atoms with Crippen molar-refractivity contribution in [3.63, 3.8) is 0 Å². The number of thioether (sulfide) groups is 1. The Labute approximate surface area is 139 Å². The van der Waals surface area contributed by atoms with Crippen LogP contribution in [0.5, 0.6) is 11.5 Å². The lowest BCUT2D eigenvalue weighted by molar-refractivity contribution is 0.174. The number of hydrogen-bond acceptors (Lipinski definition) is 5. The summed E-state index contributed by atoms with van der Waals surface area (Å²) in [6, 6.07) is 10.3. The standard InChI is InChI=1S/C16H15NO4S2/c18-23(19,13-4-5-14-15(9-13)21-10-20-14)17-12-3-6-16-11(8-12)2-1-7-22-16/h3-6,8-9,17H,1-2,7,10H2. The predicted octanol–water partition coefficient (Wildman–Crippen LogP) is 3.25. The van der Waals surface area contributed by atoms with Crippen LogP contribution in [0.15, 0.2) is 46.2 Å². The molecule has 0 saturated carbocycles. The van der Waals surface area contributed by atoms with E-state index in [0.29, 0.717) is 17.2 Å². The molecule has 1 N–H and O–H groups in total. The third kappa shape index (κ3) is 2.86. The Kier molecular flexibility index (Phi) is 3.61. The van der Waals surface area contributed by atoms with Crippen molar-refractivity contribution >= 4 is 27.5 Å². The first-order valence-corrected chi connectivity index (χ1v) is 9.77. The second-order valence-electron chi connectivity index (χ2n) is 5.40. The molecule has 0 amide bonds. The van der Waals surface area contributed by atoms with E-state index in [1.54, 1.807) is 6.07 Å². The molecule has 0 aliphatic carbocycles. The minimum absolute atomic E-state index is 0.120. The lowest BCUT2D eigenvalue weighted by Crippen LogP contribution is -2.13. The van der Waals surface area contributed by atoms with Crippen LogP contribution in [-0.2, 0) is 16.4 Å². The van der Waals surface area contributed by atoms with Crippen molar-refractivity contribution in [2.45, 2.75) is 22.6 Å². The van der Waals surface area contributed by atoms with Crippen molar-refractivity contribution in [2.24, 2.45) is 0 Å². The zero-order valence-electron chi connectivity index (χ0n) is 12.2. The van der Waals surface area contributed by atoms with Gasteiger partial charge in [0.2, 0.25) is 6.79 Å². The van der Waals surface area contributed by atoms with E-state index in [0.717, 1.165) is 18.6 Å². The Morgan fingerprint density at radius 1 is 1.04 bits per heavy atom. The van der Waals surface area contributed by atoms with Gasteiger partial charge in [-0.2, -0.15) is 0 Å². The predicted molar refractivity (Wildman–Crippen MR) is 88.9 cm³/mol. The van der Waals surface area contributed by atoms with Gasteiger partial charge in [0, 0.05) is 16.6 Å². The molecule has 2 aromatic rings. The van der Waals surface area contributed by atoms with Gasteiger partial charge in [0.25, 0.3) is 10.0 Å². The van der Waals surface area contributed by atoms with Gasteiger partial charge in [-0.3, -0.25) is 4.72 Å². The maximum absolute atomic E-state index is 12.6. The van der Waals surface area contributed by atoms with Gasteiger partial charge >= 0.3 is 0 Å². The Morgan fingerprint density at radius 2 is 1.91 bits per heavy atom. The third-order valence-corrected chi connectivity index (χ3v) is 6.40. The lowest BCUT2D eigenvalue weighted by Gasteiger charge is -2.16. The fraction of sp³-hybridized carbons (Fsp3) is 0.250. The summed E-state index contributed by atoms with van der Waals surface area (Å²) >= 11 is 1.82. The topological polar surface area (TPSA) is 64.6 Å². The van der Waals surface area contributed by atoms with Crippen LogP contribution in [0.2, 0.25) is 0 Å². The molecule has 0 spiro atoms. The molecule has 0 aromatic heterocycles. The summed E-state index contributed by atoms with van der Waals surface area (Å²) in [5.74, 6) is 2.14. The molecule has 5 nitrogen and oxygen atoms in total. The molecule has 0 bridgehead atoms. The molecule has 23 heavy (non-hydrogen) atoms. The fourth-order valence-electron chi connectivity index (χ4n) is 2.68. The number of nitrogens with one attached hydrogen (secondary N) is 1. The van der Waals surface area contributed by atoms with Crippen LogP contribution in [0.25, 0.3) is 0 Å². The van der Waals surface area contributed by atoms with Gasteiger partial charge in [0.05, 0.1) is 4.90 Å². The zero-order valence-corrected chi connectivity index (χ0v) is 13.9. The summed E-state index contributed by atoms with van der Waals surface area (Å²) in [6.45, 7) is 0.120. The average Bonchev–Trinajstić information content (AvgIpc) is 3.02. The van der Waals surface area contributed by atoms with Crippen molar-refractivity contribution in [3.05, 3.63) is 42.0 Å². The van der Waals surface area contributed by atoms with E-state index in [2.05, 4.69) is 4.72 Å². The Hall–Kier alpha value is -1.86. The molecule has 0 unspecified atom stereocenters. The van der Waals surface area contributed by atoms with Gasteiger partial charge in [-0.05, 0) is 54.5 Å². The maximum atomic E-state index is 12.6. The SMILES string of the molecule is O=S(=O)(Nc1ccc2c(c1)CCCS2)c1ccc2c(c1)OCO2. The first-order valence-electron chi connectivity index (χ1n) is 7.30. The molecule has 0 fully saturated rings. The van der Waals surface area contributed by atoms with Gasteiger partial charge in [-0.25, -0.2) is 8.42 Å². The molecule has 2 aliphatic heterocycles. The van der Waals surface area contributed by atoms with Crippen molar-refractivity contribution in [1.82, 2.24) is 0 Å². The molecule has 2 aromatic carbocycles. The Morgan fingerprint density at radius 3 is 2.83 bits per heavy atom. The van der Waals surface area contributed by atoms with Crippen LogP contribution in [0, 0.1) is 0 Å². The smallest absolute Gasteiger partial charge is 0.262 e. The number of fused-ring (bicyclic) bond motifs is 2. The minimum Gasteiger partial charge on any atom is -0.454 e. The number of rotatable bonds is 3.